The molecule has 0 atom stereocenters. The Morgan fingerprint density at radius 2 is 2.06 bits per heavy atom. The molecule has 17 heavy (non-hydrogen) atoms. The van der Waals surface area contributed by atoms with Crippen molar-refractivity contribution >= 4 is 5.65 Å². The molecule has 0 unspecified atom stereocenters. The number of aromatic amines is 1. The van der Waals surface area contributed by atoms with Crippen LogP contribution in [-0.4, -0.2) is 19.7 Å². The molecule has 3 rings (SSSR count). The molecule has 2 heterocycles. The molecule has 0 saturated carbocycles. The van der Waals surface area contributed by atoms with E-state index in [-0.39, 0.29) is 5.75 Å². The number of nitrogens with zero attached hydrogens (tertiary/aromatic N) is 2. The lowest BCUT2D eigenvalue weighted by Gasteiger charge is -1.97. The SMILES string of the molecule is NCc1cn2[nH]c(-c3ccc(O)cc3)cc2n1. The van der Waals surface area contributed by atoms with E-state index in [9.17, 15) is 5.11 Å². The fraction of sp³-hybridized carbons (Fsp3) is 0.0833. The lowest BCUT2D eigenvalue weighted by Crippen LogP contribution is -1.95. The number of H-pyrrole nitrogens is 1. The third-order valence-electron chi connectivity index (χ3n) is 2.68. The Kier molecular flexibility index (Phi) is 2.12. The minimum absolute atomic E-state index is 0.260. The number of imidazole rings is 1. The summed E-state index contributed by atoms with van der Waals surface area (Å²) in [5.41, 5.74) is 9.17. The lowest BCUT2D eigenvalue weighted by atomic mass is 10.1. The first kappa shape index (κ1) is 9.92. The van der Waals surface area contributed by atoms with Crippen LogP contribution in [0.25, 0.3) is 16.9 Å². The van der Waals surface area contributed by atoms with Crippen molar-refractivity contribution in [1.29, 1.82) is 0 Å². The zero-order valence-electron chi connectivity index (χ0n) is 9.09. The van der Waals surface area contributed by atoms with E-state index in [1.165, 1.54) is 0 Å². The third-order valence-corrected chi connectivity index (χ3v) is 2.68. The number of nitrogens with two attached hydrogens (primary N) is 1. The van der Waals surface area contributed by atoms with E-state index in [1.807, 2.05) is 28.9 Å². The quantitative estimate of drug-likeness (QED) is 0.621. The fourth-order valence-electron chi connectivity index (χ4n) is 1.81. The molecule has 0 spiro atoms. The van der Waals surface area contributed by atoms with Gasteiger partial charge in [0.2, 0.25) is 0 Å². The molecule has 86 valence electrons. The lowest BCUT2D eigenvalue weighted by molar-refractivity contribution is 0.475. The summed E-state index contributed by atoms with van der Waals surface area (Å²) in [5, 5.41) is 12.4. The maximum atomic E-state index is 9.23. The van der Waals surface area contributed by atoms with E-state index in [2.05, 4.69) is 10.1 Å². The average Bonchev–Trinajstić information content (AvgIpc) is 2.87. The molecule has 4 N–H and O–H groups in total. The number of aromatic hydroxyl groups is 1. The van der Waals surface area contributed by atoms with Crippen molar-refractivity contribution in [1.82, 2.24) is 14.6 Å². The predicted octanol–water partition coefficient (Wildman–Crippen LogP) is 1.49. The average molecular weight is 228 g/mol. The van der Waals surface area contributed by atoms with Crippen LogP contribution in [0.2, 0.25) is 0 Å². The van der Waals surface area contributed by atoms with Crippen LogP contribution < -0.4 is 5.73 Å². The Balaban J connectivity index is 2.06. The molecular formula is C12H12N4O. The molecule has 0 radical (unpaired) electrons. The molecule has 3 aromatic rings. The summed E-state index contributed by atoms with van der Waals surface area (Å²) in [6.07, 6.45) is 1.87. The third kappa shape index (κ3) is 1.66. The summed E-state index contributed by atoms with van der Waals surface area (Å²) in [5.74, 6) is 0.260. The summed E-state index contributed by atoms with van der Waals surface area (Å²) in [6.45, 7) is 0.435. The van der Waals surface area contributed by atoms with Crippen molar-refractivity contribution in [2.75, 3.05) is 0 Å². The smallest absolute Gasteiger partial charge is 0.153 e. The summed E-state index contributed by atoms with van der Waals surface area (Å²) < 4.78 is 1.84. The van der Waals surface area contributed by atoms with Gasteiger partial charge in [0.05, 0.1) is 17.6 Å². The first-order valence-corrected chi connectivity index (χ1v) is 5.33. The largest absolute Gasteiger partial charge is 0.508 e. The number of nitrogens with one attached hydrogen (secondary N) is 1. The molecular weight excluding hydrogens is 216 g/mol. The van der Waals surface area contributed by atoms with E-state index < -0.39 is 0 Å². The van der Waals surface area contributed by atoms with Crippen molar-refractivity contribution in [3.05, 3.63) is 42.2 Å². The second-order valence-corrected chi connectivity index (χ2v) is 3.88. The van der Waals surface area contributed by atoms with Crippen LogP contribution in [0.4, 0.5) is 0 Å². The van der Waals surface area contributed by atoms with Crippen LogP contribution in [-0.2, 0) is 6.54 Å². The number of phenols is 1. The van der Waals surface area contributed by atoms with Crippen molar-refractivity contribution < 1.29 is 5.11 Å². The van der Waals surface area contributed by atoms with Crippen molar-refractivity contribution in [3.8, 4) is 17.0 Å². The van der Waals surface area contributed by atoms with E-state index in [0.717, 1.165) is 22.6 Å². The summed E-state index contributed by atoms with van der Waals surface area (Å²) in [7, 11) is 0. The summed E-state index contributed by atoms with van der Waals surface area (Å²) in [6, 6.07) is 8.97. The zero-order chi connectivity index (χ0) is 11.8. The van der Waals surface area contributed by atoms with Crippen molar-refractivity contribution in [3.63, 3.8) is 0 Å². The number of rotatable bonds is 2. The molecule has 0 aliphatic heterocycles. The zero-order valence-corrected chi connectivity index (χ0v) is 9.09. The molecule has 0 aliphatic carbocycles. The van der Waals surface area contributed by atoms with Gasteiger partial charge in [0.25, 0.3) is 0 Å². The van der Waals surface area contributed by atoms with E-state index in [4.69, 9.17) is 5.73 Å². The van der Waals surface area contributed by atoms with E-state index in [0.29, 0.717) is 6.54 Å². The van der Waals surface area contributed by atoms with Crippen LogP contribution in [0.5, 0.6) is 5.75 Å². The molecule has 0 aliphatic rings. The van der Waals surface area contributed by atoms with Gasteiger partial charge in [0, 0.05) is 12.6 Å². The van der Waals surface area contributed by atoms with Gasteiger partial charge in [-0.25, -0.2) is 9.50 Å². The van der Waals surface area contributed by atoms with Gasteiger partial charge in [-0.05, 0) is 29.8 Å². The number of benzene rings is 1. The van der Waals surface area contributed by atoms with Gasteiger partial charge in [0.1, 0.15) is 5.75 Å². The highest BCUT2D eigenvalue weighted by atomic mass is 16.3. The maximum Gasteiger partial charge on any atom is 0.153 e. The second kappa shape index (κ2) is 3.64. The highest BCUT2D eigenvalue weighted by Crippen LogP contribution is 2.21. The standard InChI is InChI=1S/C12H12N4O/c13-6-9-7-16-12(14-9)5-11(15-16)8-1-3-10(17)4-2-8/h1-5,7,15,17H,6,13H2. The Morgan fingerprint density at radius 1 is 1.29 bits per heavy atom. The van der Waals surface area contributed by atoms with Gasteiger partial charge >= 0.3 is 0 Å². The number of phenolic OH excluding ortho intramolecular Hbond substituents is 1. The number of hydrogen-bond donors (Lipinski definition) is 3. The van der Waals surface area contributed by atoms with Crippen LogP contribution >= 0.6 is 0 Å². The first-order valence-electron chi connectivity index (χ1n) is 5.33. The highest BCUT2D eigenvalue weighted by Gasteiger charge is 2.06. The normalized spacial score (nSPS) is 11.1. The highest BCUT2D eigenvalue weighted by molar-refractivity contribution is 5.64. The van der Waals surface area contributed by atoms with Crippen LogP contribution in [0, 0.1) is 0 Å². The van der Waals surface area contributed by atoms with Gasteiger partial charge < -0.3 is 10.8 Å². The number of aromatic nitrogens is 3. The topological polar surface area (TPSA) is 79.3 Å². The van der Waals surface area contributed by atoms with Gasteiger partial charge in [-0.1, -0.05) is 0 Å². The minimum atomic E-state index is 0.260. The van der Waals surface area contributed by atoms with Crippen molar-refractivity contribution in [2.45, 2.75) is 6.54 Å². The molecule has 5 nitrogen and oxygen atoms in total. The Morgan fingerprint density at radius 3 is 2.71 bits per heavy atom. The van der Waals surface area contributed by atoms with Crippen LogP contribution in [0.1, 0.15) is 5.69 Å². The predicted molar refractivity (Wildman–Crippen MR) is 64.5 cm³/mol. The molecule has 0 saturated heterocycles. The van der Waals surface area contributed by atoms with Crippen LogP contribution in [0.15, 0.2) is 36.5 Å². The molecule has 1 aromatic carbocycles. The molecule has 0 bridgehead atoms. The summed E-state index contributed by atoms with van der Waals surface area (Å²) in [4.78, 5) is 4.35. The number of fused-ring (bicyclic) bond motifs is 1. The molecule has 2 aromatic heterocycles. The van der Waals surface area contributed by atoms with Crippen LogP contribution in [0.3, 0.4) is 0 Å². The maximum absolute atomic E-state index is 9.23. The second-order valence-electron chi connectivity index (χ2n) is 3.88. The summed E-state index contributed by atoms with van der Waals surface area (Å²) >= 11 is 0. The monoisotopic (exact) mass is 228 g/mol. The van der Waals surface area contributed by atoms with Gasteiger partial charge in [-0.15, -0.1) is 0 Å². The van der Waals surface area contributed by atoms with E-state index >= 15 is 0 Å². The van der Waals surface area contributed by atoms with Gasteiger partial charge in [-0.2, -0.15) is 0 Å². The number of hydrogen-bond acceptors (Lipinski definition) is 3. The fourth-order valence-corrected chi connectivity index (χ4v) is 1.81. The van der Waals surface area contributed by atoms with E-state index in [1.54, 1.807) is 12.1 Å². The molecule has 0 amide bonds. The Labute approximate surface area is 97.5 Å². The Hall–Kier alpha value is -2.27. The molecule has 5 heteroatoms. The van der Waals surface area contributed by atoms with Gasteiger partial charge in [0.15, 0.2) is 5.65 Å². The van der Waals surface area contributed by atoms with Gasteiger partial charge in [-0.3, -0.25) is 5.10 Å². The van der Waals surface area contributed by atoms with Crippen molar-refractivity contribution in [2.24, 2.45) is 5.73 Å². The Bertz CT molecular complexity index is 619. The first-order chi connectivity index (χ1) is 8.26. The minimum Gasteiger partial charge on any atom is -0.508 e. The molecule has 0 fully saturated rings.